The minimum absolute atomic E-state index is 0.225. The van der Waals surface area contributed by atoms with Crippen molar-refractivity contribution in [3.05, 3.63) is 64.3 Å². The van der Waals surface area contributed by atoms with Crippen LogP contribution in [-0.2, 0) is 16.1 Å². The van der Waals surface area contributed by atoms with E-state index in [0.29, 0.717) is 11.9 Å². The van der Waals surface area contributed by atoms with Crippen molar-refractivity contribution in [3.8, 4) is 5.75 Å². The van der Waals surface area contributed by atoms with Gasteiger partial charge in [0, 0.05) is 23.3 Å². The molecule has 1 aromatic heterocycles. The third kappa shape index (κ3) is 3.65. The molecule has 2 aromatic carbocycles. The number of carbonyl (C=O) groups is 2. The van der Waals surface area contributed by atoms with Crippen LogP contribution in [-0.4, -0.2) is 23.1 Å². The van der Waals surface area contributed by atoms with Gasteiger partial charge in [0.15, 0.2) is 11.4 Å². The van der Waals surface area contributed by atoms with Gasteiger partial charge >= 0.3 is 11.9 Å². The molecule has 3 aromatic rings. The van der Waals surface area contributed by atoms with E-state index < -0.39 is 11.9 Å². The van der Waals surface area contributed by atoms with Crippen LogP contribution in [0.15, 0.2) is 53.0 Å². The molecule has 0 atom stereocenters. The van der Waals surface area contributed by atoms with Crippen LogP contribution in [0.2, 0.25) is 0 Å². The van der Waals surface area contributed by atoms with Gasteiger partial charge in [-0.05, 0) is 30.7 Å². The molecule has 3 rings (SSSR count). The van der Waals surface area contributed by atoms with Crippen LogP contribution in [0.4, 0.5) is 0 Å². The maximum Gasteiger partial charge on any atom is 0.358 e. The molecule has 0 unspecified atom stereocenters. The molecule has 0 aliphatic carbocycles. The molecule has 0 radical (unpaired) electrons. The molecule has 0 bridgehead atoms. The molecule has 0 aliphatic heterocycles. The van der Waals surface area contributed by atoms with Gasteiger partial charge in [-0.25, -0.2) is 4.79 Å². The monoisotopic (exact) mass is 415 g/mol. The van der Waals surface area contributed by atoms with Crippen molar-refractivity contribution in [2.45, 2.75) is 20.4 Å². The van der Waals surface area contributed by atoms with Gasteiger partial charge in [-0.1, -0.05) is 46.3 Å². The minimum atomic E-state index is -0.521. The summed E-state index contributed by atoms with van der Waals surface area (Å²) in [6.07, 6.45) is 0. The molecule has 0 saturated heterocycles. The third-order valence-electron chi connectivity index (χ3n) is 3.88. The zero-order valence-electron chi connectivity index (χ0n) is 14.5. The zero-order valence-corrected chi connectivity index (χ0v) is 16.1. The first kappa shape index (κ1) is 18.2. The first-order chi connectivity index (χ1) is 12.5. The fraction of sp³-hybridized carbons (Fsp3) is 0.200. The SMILES string of the molecule is CCOC(=O)c1c(OC(C)=O)c2cc(Br)ccc2n1Cc1ccccc1. The standard InChI is InChI=1S/C20H18BrNO4/c1-3-25-20(24)18-19(26-13(2)23)16-11-15(21)9-10-17(16)22(18)12-14-7-5-4-6-8-14/h4-11H,3,12H2,1-2H3. The van der Waals surface area contributed by atoms with Crippen molar-refractivity contribution in [1.29, 1.82) is 0 Å². The van der Waals surface area contributed by atoms with Crippen molar-refractivity contribution < 1.29 is 19.1 Å². The second-order valence-electron chi connectivity index (χ2n) is 5.73. The number of esters is 2. The summed E-state index contributed by atoms with van der Waals surface area (Å²) in [5.41, 5.74) is 2.04. The number of carbonyl (C=O) groups excluding carboxylic acids is 2. The largest absolute Gasteiger partial charge is 0.461 e. The Hall–Kier alpha value is -2.60. The lowest BCUT2D eigenvalue weighted by Crippen LogP contribution is -2.15. The number of benzene rings is 2. The van der Waals surface area contributed by atoms with Crippen molar-refractivity contribution in [3.63, 3.8) is 0 Å². The molecule has 0 N–H and O–H groups in total. The van der Waals surface area contributed by atoms with E-state index in [9.17, 15) is 9.59 Å². The van der Waals surface area contributed by atoms with E-state index in [2.05, 4.69) is 15.9 Å². The Balaban J connectivity index is 2.27. The van der Waals surface area contributed by atoms with Crippen LogP contribution < -0.4 is 4.74 Å². The highest BCUT2D eigenvalue weighted by molar-refractivity contribution is 9.10. The quantitative estimate of drug-likeness (QED) is 0.573. The first-order valence-electron chi connectivity index (χ1n) is 8.22. The number of hydrogen-bond acceptors (Lipinski definition) is 4. The number of rotatable bonds is 5. The molecule has 0 spiro atoms. The molecule has 5 nitrogen and oxygen atoms in total. The van der Waals surface area contributed by atoms with Gasteiger partial charge in [0.05, 0.1) is 12.1 Å². The van der Waals surface area contributed by atoms with E-state index in [1.54, 1.807) is 6.92 Å². The second-order valence-corrected chi connectivity index (χ2v) is 6.64. The Morgan fingerprint density at radius 1 is 1.12 bits per heavy atom. The van der Waals surface area contributed by atoms with Crippen LogP contribution >= 0.6 is 15.9 Å². The van der Waals surface area contributed by atoms with E-state index >= 15 is 0 Å². The Morgan fingerprint density at radius 3 is 2.50 bits per heavy atom. The fourth-order valence-corrected chi connectivity index (χ4v) is 3.24. The predicted molar refractivity (Wildman–Crippen MR) is 102 cm³/mol. The number of aromatic nitrogens is 1. The lowest BCUT2D eigenvalue weighted by atomic mass is 10.2. The normalized spacial score (nSPS) is 10.7. The number of nitrogens with zero attached hydrogens (tertiary/aromatic N) is 1. The molecule has 134 valence electrons. The zero-order chi connectivity index (χ0) is 18.7. The van der Waals surface area contributed by atoms with Gasteiger partial charge in [-0.3, -0.25) is 4.79 Å². The van der Waals surface area contributed by atoms with Crippen molar-refractivity contribution >= 4 is 38.8 Å². The van der Waals surface area contributed by atoms with E-state index in [0.717, 1.165) is 15.6 Å². The Labute approximate surface area is 159 Å². The summed E-state index contributed by atoms with van der Waals surface area (Å²) >= 11 is 3.44. The van der Waals surface area contributed by atoms with Gasteiger partial charge < -0.3 is 14.0 Å². The molecular formula is C20H18BrNO4. The van der Waals surface area contributed by atoms with E-state index in [1.165, 1.54) is 6.92 Å². The molecule has 0 saturated carbocycles. The maximum atomic E-state index is 12.7. The first-order valence-corrected chi connectivity index (χ1v) is 9.01. The number of fused-ring (bicyclic) bond motifs is 1. The van der Waals surface area contributed by atoms with E-state index in [-0.39, 0.29) is 18.1 Å². The summed E-state index contributed by atoms with van der Waals surface area (Å²) in [5, 5.41) is 0.675. The van der Waals surface area contributed by atoms with E-state index in [4.69, 9.17) is 9.47 Å². The Bertz CT molecular complexity index is 963. The lowest BCUT2D eigenvalue weighted by Gasteiger charge is -2.11. The minimum Gasteiger partial charge on any atom is -0.461 e. The number of hydrogen-bond donors (Lipinski definition) is 0. The molecule has 0 amide bonds. The van der Waals surface area contributed by atoms with Crippen LogP contribution in [0.1, 0.15) is 29.9 Å². The maximum absolute atomic E-state index is 12.7. The number of halogens is 1. The summed E-state index contributed by atoms with van der Waals surface area (Å²) in [7, 11) is 0. The predicted octanol–water partition coefficient (Wildman–Crippen LogP) is 4.55. The van der Waals surface area contributed by atoms with Gasteiger partial charge in [0.25, 0.3) is 0 Å². The Kier molecular flexibility index (Phi) is 5.42. The third-order valence-corrected chi connectivity index (χ3v) is 4.37. The molecule has 0 fully saturated rings. The van der Waals surface area contributed by atoms with Gasteiger partial charge in [-0.2, -0.15) is 0 Å². The average molecular weight is 416 g/mol. The Morgan fingerprint density at radius 2 is 1.85 bits per heavy atom. The average Bonchev–Trinajstić information content (AvgIpc) is 2.88. The van der Waals surface area contributed by atoms with Crippen LogP contribution in [0.5, 0.6) is 5.75 Å². The highest BCUT2D eigenvalue weighted by atomic mass is 79.9. The van der Waals surface area contributed by atoms with Gasteiger partial charge in [-0.15, -0.1) is 0 Å². The van der Waals surface area contributed by atoms with Crippen LogP contribution in [0, 0.1) is 0 Å². The lowest BCUT2D eigenvalue weighted by molar-refractivity contribution is -0.131. The summed E-state index contributed by atoms with van der Waals surface area (Å²) in [4.78, 5) is 24.3. The highest BCUT2D eigenvalue weighted by Gasteiger charge is 2.26. The molecule has 1 heterocycles. The summed E-state index contributed by atoms with van der Waals surface area (Å²) < 4.78 is 13.3. The van der Waals surface area contributed by atoms with Gasteiger partial charge in [0.2, 0.25) is 0 Å². The smallest absolute Gasteiger partial charge is 0.358 e. The second kappa shape index (κ2) is 7.74. The molecule has 6 heteroatoms. The topological polar surface area (TPSA) is 57.5 Å². The summed E-state index contributed by atoms with van der Waals surface area (Å²) in [6, 6.07) is 15.4. The van der Waals surface area contributed by atoms with Gasteiger partial charge in [0.1, 0.15) is 0 Å². The van der Waals surface area contributed by atoms with Crippen molar-refractivity contribution in [2.75, 3.05) is 6.61 Å². The summed E-state index contributed by atoms with van der Waals surface area (Å²) in [5.74, 6) is -0.788. The van der Waals surface area contributed by atoms with Crippen LogP contribution in [0.25, 0.3) is 10.9 Å². The molecular weight excluding hydrogens is 398 g/mol. The van der Waals surface area contributed by atoms with Crippen LogP contribution in [0.3, 0.4) is 0 Å². The van der Waals surface area contributed by atoms with Crippen molar-refractivity contribution in [1.82, 2.24) is 4.57 Å². The molecule has 26 heavy (non-hydrogen) atoms. The van der Waals surface area contributed by atoms with Crippen molar-refractivity contribution in [2.24, 2.45) is 0 Å². The highest BCUT2D eigenvalue weighted by Crippen LogP contribution is 2.36. The summed E-state index contributed by atoms with van der Waals surface area (Å²) in [6.45, 7) is 3.74. The molecule has 0 aliphatic rings. The number of ether oxygens (including phenoxy) is 2. The van der Waals surface area contributed by atoms with E-state index in [1.807, 2.05) is 53.1 Å². The fourth-order valence-electron chi connectivity index (χ4n) is 2.88.